The third-order valence-electron chi connectivity index (χ3n) is 7.66. The predicted molar refractivity (Wildman–Crippen MR) is 131 cm³/mol. The first kappa shape index (κ1) is 26.4. The lowest BCUT2D eigenvalue weighted by Crippen LogP contribution is -2.46. The summed E-state index contributed by atoms with van der Waals surface area (Å²) >= 11 is 0. The summed E-state index contributed by atoms with van der Waals surface area (Å²) in [7, 11) is 0.0753. The molecule has 0 bridgehead atoms. The summed E-state index contributed by atoms with van der Waals surface area (Å²) in [6, 6.07) is 3.55. The number of hydrogen-bond acceptors (Lipinski definition) is 8. The quantitative estimate of drug-likeness (QED) is 0.331. The predicted octanol–water partition coefficient (Wildman–Crippen LogP) is 3.56. The number of rotatable bonds is 7. The lowest BCUT2D eigenvalue weighted by Gasteiger charge is -2.44. The van der Waals surface area contributed by atoms with Crippen LogP contribution in [0.5, 0.6) is 0 Å². The van der Waals surface area contributed by atoms with Gasteiger partial charge >= 0.3 is 13.2 Å². The van der Waals surface area contributed by atoms with Gasteiger partial charge in [-0.1, -0.05) is 31.9 Å². The second-order valence-corrected chi connectivity index (χ2v) is 10.0. The lowest BCUT2D eigenvalue weighted by molar-refractivity contribution is -0.137. The smallest absolute Gasteiger partial charge is 0.455 e. The highest BCUT2D eigenvalue weighted by molar-refractivity contribution is 6.43. The number of allylic oxidation sites excluding steroid dienone is 2. The third kappa shape index (κ3) is 4.81. The van der Waals surface area contributed by atoms with Crippen LogP contribution in [0.1, 0.15) is 58.0 Å². The number of furan rings is 1. The van der Waals surface area contributed by atoms with Gasteiger partial charge in [-0.2, -0.15) is 4.90 Å². The van der Waals surface area contributed by atoms with E-state index in [4.69, 9.17) is 13.8 Å². The minimum atomic E-state index is -1.07. The molecule has 4 atom stereocenters. The molecular formula is C26H34BNO8. The van der Waals surface area contributed by atoms with Gasteiger partial charge in [-0.15, -0.1) is 0 Å². The molecule has 10 heteroatoms. The van der Waals surface area contributed by atoms with Gasteiger partial charge in [-0.3, -0.25) is 9.59 Å². The van der Waals surface area contributed by atoms with Crippen molar-refractivity contribution < 1.29 is 38.3 Å². The Morgan fingerprint density at radius 3 is 2.64 bits per heavy atom. The second kappa shape index (κ2) is 10.7. The van der Waals surface area contributed by atoms with Gasteiger partial charge in [0.2, 0.25) is 11.8 Å². The number of amides is 3. The van der Waals surface area contributed by atoms with Crippen LogP contribution in [0.2, 0.25) is 6.32 Å². The van der Waals surface area contributed by atoms with E-state index in [2.05, 4.69) is 6.92 Å². The molecule has 3 aliphatic rings. The minimum absolute atomic E-state index is 0.112. The summed E-state index contributed by atoms with van der Waals surface area (Å²) < 4.78 is 16.3. The average molecular weight is 499 g/mol. The normalized spacial score (nSPS) is 26.6. The van der Waals surface area contributed by atoms with Crippen molar-refractivity contribution in [3.8, 4) is 0 Å². The van der Waals surface area contributed by atoms with Crippen LogP contribution >= 0.6 is 0 Å². The Morgan fingerprint density at radius 2 is 2.03 bits per heavy atom. The minimum Gasteiger partial charge on any atom is -0.459 e. The van der Waals surface area contributed by atoms with Crippen molar-refractivity contribution in [3.05, 3.63) is 40.4 Å². The van der Waals surface area contributed by atoms with Gasteiger partial charge in [0.1, 0.15) is 18.1 Å². The number of aliphatic hydroxyl groups is 1. The SMILES string of the molecule is CC/C(=C\c1ccc(CO)o1)CC[C@H]1OB(O)C[C@H]2C1=C(C(C)C)C[C@H]1C(=O)N(C(=O)OC)C(=O)[C@H]12. The van der Waals surface area contributed by atoms with E-state index in [1.54, 1.807) is 6.07 Å². The molecule has 1 aromatic heterocycles. The number of methoxy groups -OCH3 is 1. The Balaban J connectivity index is 1.63. The molecule has 1 aromatic rings. The number of fused-ring (bicyclic) bond motifs is 3. The summed E-state index contributed by atoms with van der Waals surface area (Å²) in [4.78, 5) is 39.2. The van der Waals surface area contributed by atoms with Crippen molar-refractivity contribution in [1.29, 1.82) is 0 Å². The summed E-state index contributed by atoms with van der Waals surface area (Å²) in [5.74, 6) is -1.54. The van der Waals surface area contributed by atoms with E-state index in [9.17, 15) is 24.5 Å². The number of carbonyl (C=O) groups excluding carboxylic acids is 3. The van der Waals surface area contributed by atoms with E-state index in [-0.39, 0.29) is 24.8 Å². The maximum Gasteiger partial charge on any atom is 0.455 e. The van der Waals surface area contributed by atoms with Crippen molar-refractivity contribution in [2.24, 2.45) is 23.7 Å². The van der Waals surface area contributed by atoms with Crippen LogP contribution < -0.4 is 0 Å². The van der Waals surface area contributed by atoms with Crippen molar-refractivity contribution in [3.63, 3.8) is 0 Å². The van der Waals surface area contributed by atoms with E-state index >= 15 is 0 Å². The summed E-state index contributed by atoms with van der Waals surface area (Å²) in [6.45, 7) is 5.99. The molecule has 36 heavy (non-hydrogen) atoms. The van der Waals surface area contributed by atoms with Crippen LogP contribution in [0.15, 0.2) is 33.3 Å². The summed E-state index contributed by atoms with van der Waals surface area (Å²) in [6.07, 6.45) is 3.22. The zero-order chi connectivity index (χ0) is 26.1. The molecule has 4 rings (SSSR count). The Kier molecular flexibility index (Phi) is 7.87. The lowest BCUT2D eigenvalue weighted by atomic mass is 9.57. The Hall–Kier alpha value is -2.69. The van der Waals surface area contributed by atoms with Crippen LogP contribution in [-0.4, -0.2) is 53.3 Å². The van der Waals surface area contributed by atoms with E-state index in [1.165, 1.54) is 0 Å². The topological polar surface area (TPSA) is 127 Å². The molecule has 2 N–H and O–H groups in total. The van der Waals surface area contributed by atoms with Crippen LogP contribution in [0, 0.1) is 23.7 Å². The van der Waals surface area contributed by atoms with E-state index < -0.39 is 43.0 Å². The highest BCUT2D eigenvalue weighted by Crippen LogP contribution is 2.52. The fourth-order valence-electron chi connectivity index (χ4n) is 5.95. The van der Waals surface area contributed by atoms with Crippen LogP contribution in [-0.2, 0) is 25.6 Å². The van der Waals surface area contributed by atoms with Gasteiger partial charge in [0.05, 0.1) is 25.0 Å². The van der Waals surface area contributed by atoms with E-state index in [0.29, 0.717) is 35.7 Å². The number of imide groups is 3. The number of hydrogen-bond donors (Lipinski definition) is 2. The summed E-state index contributed by atoms with van der Waals surface area (Å²) in [5, 5.41) is 19.9. The number of ether oxygens (including phenoxy) is 1. The molecule has 2 fully saturated rings. The fourth-order valence-corrected chi connectivity index (χ4v) is 5.95. The molecule has 0 radical (unpaired) electrons. The molecule has 3 amide bonds. The second-order valence-electron chi connectivity index (χ2n) is 10.0. The van der Waals surface area contributed by atoms with Gasteiger partial charge in [0.15, 0.2) is 0 Å². The first-order valence-electron chi connectivity index (χ1n) is 12.6. The van der Waals surface area contributed by atoms with Gasteiger partial charge in [0.25, 0.3) is 0 Å². The monoisotopic (exact) mass is 499 g/mol. The van der Waals surface area contributed by atoms with Crippen molar-refractivity contribution >= 4 is 31.1 Å². The fraction of sp³-hybridized carbons (Fsp3) is 0.577. The molecule has 3 heterocycles. The molecular weight excluding hydrogens is 465 g/mol. The maximum atomic E-state index is 13.3. The molecule has 0 saturated carbocycles. The average Bonchev–Trinajstić information content (AvgIpc) is 3.41. The van der Waals surface area contributed by atoms with E-state index in [1.807, 2.05) is 26.0 Å². The molecule has 9 nitrogen and oxygen atoms in total. The largest absolute Gasteiger partial charge is 0.459 e. The molecule has 194 valence electrons. The number of aliphatic hydroxyl groups excluding tert-OH is 1. The molecule has 2 aliphatic heterocycles. The van der Waals surface area contributed by atoms with Gasteiger partial charge in [-0.05, 0) is 67.6 Å². The Labute approximate surface area is 211 Å². The highest BCUT2D eigenvalue weighted by atomic mass is 16.5. The summed E-state index contributed by atoms with van der Waals surface area (Å²) in [5.41, 5.74) is 3.17. The van der Waals surface area contributed by atoms with Gasteiger partial charge in [-0.25, -0.2) is 4.79 Å². The molecule has 0 spiro atoms. The van der Waals surface area contributed by atoms with Crippen LogP contribution in [0.4, 0.5) is 4.79 Å². The molecule has 1 aliphatic carbocycles. The van der Waals surface area contributed by atoms with E-state index in [0.717, 1.165) is 30.2 Å². The van der Waals surface area contributed by atoms with Crippen LogP contribution in [0.3, 0.4) is 0 Å². The Bertz CT molecular complexity index is 1090. The standard InChI is InChI=1S/C26H34BNO8/c1-5-15(10-16-7-8-17(13-29)35-16)6-9-21-22-18(14(2)3)11-19-23(20(22)12-27(33)36-21)25(31)28(24(19)30)26(32)34-4/h7-8,10,14,19-21,23,29,33H,5-6,9,11-13H2,1-4H3/b15-10+/t19-,20+,21-,23-/m1/s1. The van der Waals surface area contributed by atoms with Crippen molar-refractivity contribution in [1.82, 2.24) is 4.90 Å². The third-order valence-corrected chi connectivity index (χ3v) is 7.66. The maximum absolute atomic E-state index is 13.3. The number of carbonyl (C=O) groups is 3. The van der Waals surface area contributed by atoms with Gasteiger partial charge < -0.3 is 23.9 Å². The highest BCUT2D eigenvalue weighted by Gasteiger charge is 2.59. The molecule has 0 unspecified atom stereocenters. The van der Waals surface area contributed by atoms with Crippen molar-refractivity contribution in [2.75, 3.05) is 7.11 Å². The first-order chi connectivity index (χ1) is 17.2. The van der Waals surface area contributed by atoms with Crippen molar-refractivity contribution in [2.45, 2.75) is 65.5 Å². The molecule has 2 saturated heterocycles. The molecule has 0 aromatic carbocycles. The number of likely N-dealkylation sites (tertiary alicyclic amines) is 1. The number of nitrogens with zero attached hydrogens (tertiary/aromatic N) is 1. The Morgan fingerprint density at radius 1 is 1.28 bits per heavy atom. The van der Waals surface area contributed by atoms with Gasteiger partial charge in [0, 0.05) is 0 Å². The zero-order valence-electron chi connectivity index (χ0n) is 21.2. The zero-order valence-corrected chi connectivity index (χ0v) is 21.2. The first-order valence-corrected chi connectivity index (χ1v) is 12.6. The van der Waals surface area contributed by atoms with Crippen LogP contribution in [0.25, 0.3) is 6.08 Å².